The minimum atomic E-state index is 0.817. The lowest BCUT2D eigenvalue weighted by molar-refractivity contribution is 0.482. The molecule has 0 heterocycles. The van der Waals surface area contributed by atoms with Crippen molar-refractivity contribution >= 4 is 11.9 Å². The lowest BCUT2D eigenvalue weighted by Gasteiger charge is -1.96. The minimum absolute atomic E-state index is 0.817. The number of rotatable bonds is 4. The quantitative estimate of drug-likeness (QED) is 0.567. The standard InChI is InChI=1S/C15H13NO/c1-3-8-14(9-4-1)16-12-7-13-17-15-10-5-2-6-11-15/h1-13H/b13-7+,16-12+. The molecule has 2 aromatic carbocycles. The van der Waals surface area contributed by atoms with Gasteiger partial charge in [-0.05, 0) is 30.3 Å². The molecule has 0 radical (unpaired) electrons. The fraction of sp³-hybridized carbons (Fsp3) is 0. The smallest absolute Gasteiger partial charge is 0.126 e. The highest BCUT2D eigenvalue weighted by Crippen LogP contribution is 2.09. The Morgan fingerprint density at radius 1 is 0.824 bits per heavy atom. The van der Waals surface area contributed by atoms with E-state index in [4.69, 9.17) is 4.74 Å². The highest BCUT2D eigenvalue weighted by Gasteiger charge is 1.84. The molecule has 0 saturated heterocycles. The van der Waals surface area contributed by atoms with Crippen molar-refractivity contribution in [2.24, 2.45) is 4.99 Å². The molecular weight excluding hydrogens is 210 g/mol. The van der Waals surface area contributed by atoms with Crippen LogP contribution in [-0.4, -0.2) is 6.21 Å². The second-order valence-electron chi connectivity index (χ2n) is 3.37. The SMILES string of the molecule is C(=C\Oc1ccccc1)/C=N/c1ccccc1. The number of para-hydroxylation sites is 2. The first-order valence-electron chi connectivity index (χ1n) is 5.41. The van der Waals surface area contributed by atoms with Crippen LogP contribution in [0.4, 0.5) is 5.69 Å². The third kappa shape index (κ3) is 3.95. The van der Waals surface area contributed by atoms with Crippen LogP contribution in [0.15, 0.2) is 78.0 Å². The van der Waals surface area contributed by atoms with Gasteiger partial charge >= 0.3 is 0 Å². The second kappa shape index (κ2) is 6.28. The topological polar surface area (TPSA) is 21.6 Å². The Labute approximate surface area is 101 Å². The zero-order valence-electron chi connectivity index (χ0n) is 9.36. The monoisotopic (exact) mass is 223 g/mol. The predicted molar refractivity (Wildman–Crippen MR) is 70.8 cm³/mol. The molecule has 2 rings (SSSR count). The summed E-state index contributed by atoms with van der Waals surface area (Å²) >= 11 is 0. The summed E-state index contributed by atoms with van der Waals surface area (Å²) in [7, 11) is 0. The Bertz CT molecular complexity index is 489. The van der Waals surface area contributed by atoms with Crippen LogP contribution >= 0.6 is 0 Å². The number of hydrogen-bond acceptors (Lipinski definition) is 2. The maximum atomic E-state index is 5.37. The molecule has 0 fully saturated rings. The van der Waals surface area contributed by atoms with Gasteiger partial charge in [0.2, 0.25) is 0 Å². The van der Waals surface area contributed by atoms with Crippen molar-refractivity contribution in [3.63, 3.8) is 0 Å². The third-order valence-corrected chi connectivity index (χ3v) is 2.09. The molecule has 0 aliphatic carbocycles. The fourth-order valence-electron chi connectivity index (χ4n) is 1.30. The van der Waals surface area contributed by atoms with Gasteiger partial charge in [-0.15, -0.1) is 0 Å². The number of benzene rings is 2. The largest absolute Gasteiger partial charge is 0.465 e. The first kappa shape index (κ1) is 11.1. The molecule has 0 atom stereocenters. The van der Waals surface area contributed by atoms with Gasteiger partial charge in [-0.1, -0.05) is 36.4 Å². The van der Waals surface area contributed by atoms with E-state index in [9.17, 15) is 0 Å². The van der Waals surface area contributed by atoms with E-state index in [2.05, 4.69) is 4.99 Å². The third-order valence-electron chi connectivity index (χ3n) is 2.09. The van der Waals surface area contributed by atoms with Crippen LogP contribution < -0.4 is 4.74 Å². The zero-order chi connectivity index (χ0) is 11.8. The lowest BCUT2D eigenvalue weighted by atomic mass is 10.3. The molecule has 0 aliphatic rings. The highest BCUT2D eigenvalue weighted by molar-refractivity contribution is 5.74. The van der Waals surface area contributed by atoms with Crippen molar-refractivity contribution in [3.05, 3.63) is 73.0 Å². The van der Waals surface area contributed by atoms with Crippen molar-refractivity contribution in [1.29, 1.82) is 0 Å². The van der Waals surface area contributed by atoms with Crippen molar-refractivity contribution in [2.75, 3.05) is 0 Å². The summed E-state index contributed by atoms with van der Waals surface area (Å²) in [5.41, 5.74) is 0.928. The second-order valence-corrected chi connectivity index (χ2v) is 3.37. The molecule has 2 heteroatoms. The molecule has 0 unspecified atom stereocenters. The molecule has 17 heavy (non-hydrogen) atoms. The van der Waals surface area contributed by atoms with E-state index in [1.54, 1.807) is 18.6 Å². The summed E-state index contributed by atoms with van der Waals surface area (Å²) in [4.78, 5) is 4.25. The van der Waals surface area contributed by atoms with Crippen LogP contribution in [0.25, 0.3) is 0 Å². The van der Waals surface area contributed by atoms with Crippen molar-refractivity contribution < 1.29 is 4.74 Å². The van der Waals surface area contributed by atoms with Gasteiger partial charge in [-0.2, -0.15) is 0 Å². The molecular formula is C15H13NO. The summed E-state index contributed by atoms with van der Waals surface area (Å²) in [6.45, 7) is 0. The minimum Gasteiger partial charge on any atom is -0.465 e. The predicted octanol–water partition coefficient (Wildman–Crippen LogP) is 3.98. The van der Waals surface area contributed by atoms with E-state index in [-0.39, 0.29) is 0 Å². The van der Waals surface area contributed by atoms with Gasteiger partial charge in [-0.3, -0.25) is 4.99 Å². The van der Waals surface area contributed by atoms with Crippen molar-refractivity contribution in [1.82, 2.24) is 0 Å². The summed E-state index contributed by atoms with van der Waals surface area (Å²) in [5, 5.41) is 0. The van der Waals surface area contributed by atoms with Gasteiger partial charge in [0.05, 0.1) is 11.9 Å². The van der Waals surface area contributed by atoms with Crippen LogP contribution in [-0.2, 0) is 0 Å². The average Bonchev–Trinajstić information content (AvgIpc) is 2.41. The van der Waals surface area contributed by atoms with E-state index < -0.39 is 0 Å². The molecule has 0 saturated carbocycles. The Morgan fingerprint density at radius 2 is 1.47 bits per heavy atom. The molecule has 2 aromatic rings. The molecule has 0 spiro atoms. The molecule has 84 valence electrons. The Balaban J connectivity index is 1.85. The fourth-order valence-corrected chi connectivity index (χ4v) is 1.30. The average molecular weight is 223 g/mol. The summed E-state index contributed by atoms with van der Waals surface area (Å²) in [5.74, 6) is 0.817. The van der Waals surface area contributed by atoms with E-state index in [1.807, 2.05) is 60.7 Å². The number of nitrogens with zero attached hydrogens (tertiary/aromatic N) is 1. The van der Waals surface area contributed by atoms with E-state index in [0.29, 0.717) is 0 Å². The van der Waals surface area contributed by atoms with Crippen molar-refractivity contribution in [2.45, 2.75) is 0 Å². The number of ether oxygens (including phenoxy) is 1. The van der Waals surface area contributed by atoms with Gasteiger partial charge in [0.15, 0.2) is 0 Å². The summed E-state index contributed by atoms with van der Waals surface area (Å²) in [6, 6.07) is 19.4. The Kier molecular flexibility index (Phi) is 4.12. The van der Waals surface area contributed by atoms with Gasteiger partial charge in [0.25, 0.3) is 0 Å². The van der Waals surface area contributed by atoms with Crippen LogP contribution in [0.5, 0.6) is 5.75 Å². The lowest BCUT2D eigenvalue weighted by Crippen LogP contribution is -1.80. The van der Waals surface area contributed by atoms with Gasteiger partial charge in [0.1, 0.15) is 5.75 Å². The molecule has 0 aromatic heterocycles. The van der Waals surface area contributed by atoms with E-state index in [1.165, 1.54) is 0 Å². The Morgan fingerprint density at radius 3 is 2.18 bits per heavy atom. The maximum absolute atomic E-state index is 5.37. The number of aliphatic imine (C=N–C) groups is 1. The highest BCUT2D eigenvalue weighted by atomic mass is 16.5. The van der Waals surface area contributed by atoms with Crippen LogP contribution in [0.3, 0.4) is 0 Å². The Hall–Kier alpha value is -2.35. The van der Waals surface area contributed by atoms with E-state index in [0.717, 1.165) is 11.4 Å². The van der Waals surface area contributed by atoms with Gasteiger partial charge in [-0.25, -0.2) is 0 Å². The molecule has 0 amide bonds. The maximum Gasteiger partial charge on any atom is 0.126 e. The summed E-state index contributed by atoms with van der Waals surface area (Å²) < 4.78 is 5.37. The van der Waals surface area contributed by atoms with E-state index >= 15 is 0 Å². The molecule has 2 nitrogen and oxygen atoms in total. The first-order valence-corrected chi connectivity index (χ1v) is 5.41. The van der Waals surface area contributed by atoms with Crippen LogP contribution in [0.2, 0.25) is 0 Å². The van der Waals surface area contributed by atoms with Crippen molar-refractivity contribution in [3.8, 4) is 5.75 Å². The van der Waals surface area contributed by atoms with Crippen LogP contribution in [0, 0.1) is 0 Å². The zero-order valence-corrected chi connectivity index (χ0v) is 9.36. The molecule has 0 N–H and O–H groups in total. The molecule has 0 aliphatic heterocycles. The summed E-state index contributed by atoms with van der Waals surface area (Å²) in [6.07, 6.45) is 5.08. The van der Waals surface area contributed by atoms with Crippen LogP contribution in [0.1, 0.15) is 0 Å². The number of hydrogen-bond donors (Lipinski definition) is 0. The number of allylic oxidation sites excluding steroid dienone is 1. The van der Waals surface area contributed by atoms with Gasteiger partial charge < -0.3 is 4.74 Å². The first-order chi connectivity index (χ1) is 8.45. The molecule has 0 bridgehead atoms. The van der Waals surface area contributed by atoms with Gasteiger partial charge in [0, 0.05) is 6.21 Å². The normalized spacial score (nSPS) is 11.1.